The zero-order valence-electron chi connectivity index (χ0n) is 11.0. The second kappa shape index (κ2) is 5.63. The molecule has 5 nitrogen and oxygen atoms in total. The predicted octanol–water partition coefficient (Wildman–Crippen LogP) is 1.67. The summed E-state index contributed by atoms with van der Waals surface area (Å²) in [4.78, 5) is 12.5. The molecular weight excluding hydrogens is 232 g/mol. The molecule has 5 heteroatoms. The Morgan fingerprint density at radius 3 is 2.89 bits per heavy atom. The van der Waals surface area contributed by atoms with E-state index in [0.717, 1.165) is 13.0 Å². The maximum atomic E-state index is 12.5. The Labute approximate surface area is 107 Å². The highest BCUT2D eigenvalue weighted by atomic mass is 16.5. The van der Waals surface area contributed by atoms with Crippen LogP contribution in [0, 0.1) is 0 Å². The number of aryl methyl sites for hydroxylation is 1. The van der Waals surface area contributed by atoms with Crippen molar-refractivity contribution in [2.75, 3.05) is 20.3 Å². The van der Waals surface area contributed by atoms with Crippen molar-refractivity contribution in [2.24, 2.45) is 0 Å². The normalized spacial score (nSPS) is 18.8. The van der Waals surface area contributed by atoms with Crippen molar-refractivity contribution < 1.29 is 14.3 Å². The lowest BCUT2D eigenvalue weighted by Crippen LogP contribution is -2.45. The molecule has 0 bridgehead atoms. The van der Waals surface area contributed by atoms with Crippen molar-refractivity contribution >= 4 is 5.78 Å². The van der Waals surface area contributed by atoms with E-state index in [4.69, 9.17) is 9.47 Å². The minimum atomic E-state index is -0.724. The number of ketones is 1. The van der Waals surface area contributed by atoms with Gasteiger partial charge in [-0.05, 0) is 6.42 Å². The van der Waals surface area contributed by atoms with Gasteiger partial charge in [-0.25, -0.2) is 0 Å². The molecule has 0 atom stereocenters. The summed E-state index contributed by atoms with van der Waals surface area (Å²) in [5.74, 6) is 0.0238. The Morgan fingerprint density at radius 2 is 2.28 bits per heavy atom. The van der Waals surface area contributed by atoms with Gasteiger partial charge in [0.25, 0.3) is 0 Å². The summed E-state index contributed by atoms with van der Waals surface area (Å²) < 4.78 is 12.6. The number of carbonyl (C=O) groups excluding carboxylic acids is 1. The summed E-state index contributed by atoms with van der Waals surface area (Å²) in [6.07, 6.45) is 5.66. The molecule has 0 unspecified atom stereocenters. The Hall–Kier alpha value is -1.20. The molecule has 2 rings (SSSR count). The third-order valence-corrected chi connectivity index (χ3v) is 3.45. The van der Waals surface area contributed by atoms with E-state index in [1.54, 1.807) is 18.0 Å². The quantitative estimate of drug-likeness (QED) is 0.748. The van der Waals surface area contributed by atoms with Crippen LogP contribution < -0.4 is 0 Å². The van der Waals surface area contributed by atoms with Crippen LogP contribution in [0.15, 0.2) is 12.4 Å². The number of ether oxygens (including phenoxy) is 2. The average Bonchev–Trinajstić information content (AvgIpc) is 2.87. The average molecular weight is 252 g/mol. The lowest BCUT2D eigenvalue weighted by molar-refractivity contribution is -0.0663. The van der Waals surface area contributed by atoms with Crippen LogP contribution in [0.2, 0.25) is 0 Å². The lowest BCUT2D eigenvalue weighted by Gasteiger charge is -2.33. The molecule has 0 N–H and O–H groups in total. The van der Waals surface area contributed by atoms with Crippen LogP contribution >= 0.6 is 0 Å². The van der Waals surface area contributed by atoms with E-state index in [9.17, 15) is 4.79 Å². The van der Waals surface area contributed by atoms with E-state index in [-0.39, 0.29) is 5.78 Å². The molecule has 1 saturated heterocycles. The summed E-state index contributed by atoms with van der Waals surface area (Å²) >= 11 is 0. The van der Waals surface area contributed by atoms with Crippen molar-refractivity contribution in [2.45, 2.75) is 38.3 Å². The molecule has 1 aromatic rings. The molecule has 1 aliphatic rings. The second-order valence-corrected chi connectivity index (χ2v) is 4.63. The highest BCUT2D eigenvalue weighted by molar-refractivity contribution is 6.02. The smallest absolute Gasteiger partial charge is 0.197 e. The number of hydrogen-bond acceptors (Lipinski definition) is 4. The minimum Gasteiger partial charge on any atom is -0.381 e. The first-order valence-corrected chi connectivity index (χ1v) is 6.42. The van der Waals surface area contributed by atoms with Crippen LogP contribution in [0.5, 0.6) is 0 Å². The number of methoxy groups -OCH3 is 1. The highest BCUT2D eigenvalue weighted by Crippen LogP contribution is 2.28. The number of aromatic nitrogens is 2. The van der Waals surface area contributed by atoms with Crippen molar-refractivity contribution in [3.05, 3.63) is 18.0 Å². The van der Waals surface area contributed by atoms with Crippen LogP contribution in [0.1, 0.15) is 36.5 Å². The molecule has 18 heavy (non-hydrogen) atoms. The number of carbonyl (C=O) groups is 1. The molecule has 100 valence electrons. The first-order chi connectivity index (χ1) is 8.72. The molecule has 1 aliphatic heterocycles. The fourth-order valence-corrected chi connectivity index (χ4v) is 2.32. The van der Waals surface area contributed by atoms with Gasteiger partial charge < -0.3 is 9.47 Å². The van der Waals surface area contributed by atoms with E-state index in [1.807, 2.05) is 6.20 Å². The Bertz CT molecular complexity index is 408. The maximum absolute atomic E-state index is 12.5. The molecule has 0 amide bonds. The van der Waals surface area contributed by atoms with Gasteiger partial charge in [-0.3, -0.25) is 9.48 Å². The second-order valence-electron chi connectivity index (χ2n) is 4.63. The zero-order chi connectivity index (χ0) is 13.0. The Kier molecular flexibility index (Phi) is 4.14. The maximum Gasteiger partial charge on any atom is 0.197 e. The molecule has 0 aliphatic carbocycles. The standard InChI is InChI=1S/C13H20N2O3/c1-3-6-15-10-11(9-14-15)12(16)13(17-2)4-7-18-8-5-13/h9-10H,3-8H2,1-2H3. The largest absolute Gasteiger partial charge is 0.381 e. The number of Topliss-reactive ketones (excluding diaryl/α,β-unsaturated/α-hetero) is 1. The van der Waals surface area contributed by atoms with E-state index in [1.165, 1.54) is 0 Å². The summed E-state index contributed by atoms with van der Waals surface area (Å²) in [6, 6.07) is 0. The van der Waals surface area contributed by atoms with Crippen molar-refractivity contribution in [3.63, 3.8) is 0 Å². The Balaban J connectivity index is 2.17. The molecule has 1 aromatic heterocycles. The SMILES string of the molecule is CCCn1cc(C(=O)C2(OC)CCOCC2)cn1. The monoisotopic (exact) mass is 252 g/mol. The van der Waals surface area contributed by atoms with Crippen molar-refractivity contribution in [1.29, 1.82) is 0 Å². The van der Waals surface area contributed by atoms with E-state index in [2.05, 4.69) is 12.0 Å². The third-order valence-electron chi connectivity index (χ3n) is 3.45. The first-order valence-electron chi connectivity index (χ1n) is 6.42. The van der Waals surface area contributed by atoms with Crippen LogP contribution in [0.25, 0.3) is 0 Å². The molecular formula is C13H20N2O3. The zero-order valence-corrected chi connectivity index (χ0v) is 11.0. The molecule has 0 spiro atoms. The topological polar surface area (TPSA) is 53.4 Å². The van der Waals surface area contributed by atoms with Gasteiger partial charge >= 0.3 is 0 Å². The van der Waals surface area contributed by atoms with Gasteiger partial charge in [0.2, 0.25) is 0 Å². The fourth-order valence-electron chi connectivity index (χ4n) is 2.32. The first kappa shape index (κ1) is 13.2. The molecule has 1 fully saturated rings. The van der Waals surface area contributed by atoms with Gasteiger partial charge in [-0.15, -0.1) is 0 Å². The number of nitrogens with zero attached hydrogens (tertiary/aromatic N) is 2. The van der Waals surface area contributed by atoms with Crippen molar-refractivity contribution in [1.82, 2.24) is 9.78 Å². The van der Waals surface area contributed by atoms with E-state index in [0.29, 0.717) is 31.6 Å². The Morgan fingerprint density at radius 1 is 1.56 bits per heavy atom. The summed E-state index contributed by atoms with van der Waals surface area (Å²) in [5.41, 5.74) is -0.0922. The van der Waals surface area contributed by atoms with Crippen LogP contribution in [0.4, 0.5) is 0 Å². The highest BCUT2D eigenvalue weighted by Gasteiger charge is 2.41. The van der Waals surface area contributed by atoms with Crippen molar-refractivity contribution in [3.8, 4) is 0 Å². The van der Waals surface area contributed by atoms with Crippen LogP contribution in [-0.2, 0) is 16.0 Å². The van der Waals surface area contributed by atoms with Crippen LogP contribution in [-0.4, -0.2) is 41.5 Å². The molecule has 0 aromatic carbocycles. The minimum absolute atomic E-state index is 0.0238. The van der Waals surface area contributed by atoms with Crippen LogP contribution in [0.3, 0.4) is 0 Å². The summed E-state index contributed by atoms with van der Waals surface area (Å²) in [6.45, 7) is 4.06. The predicted molar refractivity (Wildman–Crippen MR) is 66.6 cm³/mol. The van der Waals surface area contributed by atoms with E-state index < -0.39 is 5.60 Å². The third kappa shape index (κ3) is 2.47. The summed E-state index contributed by atoms with van der Waals surface area (Å²) in [7, 11) is 1.60. The van der Waals surface area contributed by atoms with Gasteiger partial charge in [0.15, 0.2) is 5.78 Å². The van der Waals surface area contributed by atoms with E-state index >= 15 is 0 Å². The fraction of sp³-hybridized carbons (Fsp3) is 0.692. The van der Waals surface area contributed by atoms with Gasteiger partial charge in [-0.1, -0.05) is 6.92 Å². The lowest BCUT2D eigenvalue weighted by atomic mass is 9.87. The van der Waals surface area contributed by atoms with Gasteiger partial charge in [0, 0.05) is 45.9 Å². The molecule has 0 radical (unpaired) electrons. The summed E-state index contributed by atoms with van der Waals surface area (Å²) in [5, 5.41) is 4.20. The molecule has 0 saturated carbocycles. The molecule has 2 heterocycles. The van der Waals surface area contributed by atoms with Gasteiger partial charge in [0.05, 0.1) is 11.8 Å². The van der Waals surface area contributed by atoms with Gasteiger partial charge in [-0.2, -0.15) is 5.10 Å². The number of hydrogen-bond donors (Lipinski definition) is 0. The van der Waals surface area contributed by atoms with Gasteiger partial charge in [0.1, 0.15) is 5.60 Å². The number of rotatable bonds is 5.